The molecule has 5 nitrogen and oxygen atoms in total. The zero-order valence-electron chi connectivity index (χ0n) is 15.8. The monoisotopic (exact) mass is 380 g/mol. The lowest BCUT2D eigenvalue weighted by atomic mass is 10.1. The first-order valence-corrected chi connectivity index (χ1v) is 10.3. The highest BCUT2D eigenvalue weighted by molar-refractivity contribution is 7.19. The summed E-state index contributed by atoms with van der Waals surface area (Å²) in [4.78, 5) is 26.2. The van der Waals surface area contributed by atoms with Crippen LogP contribution in [0.25, 0.3) is 10.2 Å². The second-order valence-corrected chi connectivity index (χ2v) is 8.33. The van der Waals surface area contributed by atoms with E-state index in [1.165, 1.54) is 24.8 Å². The number of nitrogens with one attached hydrogen (secondary N) is 1. The molecular weight excluding hydrogens is 356 g/mol. The first-order chi connectivity index (χ1) is 13.1. The highest BCUT2D eigenvalue weighted by Crippen LogP contribution is 2.35. The molecule has 6 heteroatoms. The molecule has 0 bridgehead atoms. The van der Waals surface area contributed by atoms with Gasteiger partial charge in [0.25, 0.3) is 5.91 Å². The largest absolute Gasteiger partial charge is 0.356 e. The van der Waals surface area contributed by atoms with E-state index in [0.717, 1.165) is 45.1 Å². The molecule has 1 saturated heterocycles. The molecule has 0 unspecified atom stereocenters. The fourth-order valence-electron chi connectivity index (χ4n) is 3.62. The lowest BCUT2D eigenvalue weighted by Crippen LogP contribution is -2.31. The number of anilines is 1. The number of thiophene rings is 1. The van der Waals surface area contributed by atoms with Gasteiger partial charge in [-0.3, -0.25) is 4.79 Å². The highest BCUT2D eigenvalue weighted by Gasteiger charge is 2.24. The van der Waals surface area contributed by atoms with Gasteiger partial charge in [-0.15, -0.1) is 11.3 Å². The number of aryl methyl sites for hydroxylation is 2. The molecule has 27 heavy (non-hydrogen) atoms. The summed E-state index contributed by atoms with van der Waals surface area (Å²) in [5.41, 5.74) is 3.04. The maximum atomic E-state index is 13.0. The summed E-state index contributed by atoms with van der Waals surface area (Å²) < 4.78 is 0. The molecule has 2 aromatic heterocycles. The van der Waals surface area contributed by atoms with E-state index in [-0.39, 0.29) is 5.91 Å². The fourth-order valence-corrected chi connectivity index (χ4v) is 4.61. The van der Waals surface area contributed by atoms with Gasteiger partial charge in [0, 0.05) is 24.5 Å². The molecule has 1 N–H and O–H groups in total. The van der Waals surface area contributed by atoms with E-state index in [2.05, 4.69) is 51.4 Å². The number of carbonyl (C=O) groups excluding carboxylic acids is 1. The van der Waals surface area contributed by atoms with E-state index in [4.69, 9.17) is 0 Å². The predicted octanol–water partition coefficient (Wildman–Crippen LogP) is 4.23. The maximum Gasteiger partial charge on any atom is 0.253 e. The van der Waals surface area contributed by atoms with Crippen LogP contribution in [-0.2, 0) is 6.54 Å². The van der Waals surface area contributed by atoms with Crippen molar-refractivity contribution < 1.29 is 4.79 Å². The Hall–Kier alpha value is -2.47. The molecule has 140 valence electrons. The molecule has 0 saturated carbocycles. The van der Waals surface area contributed by atoms with Crippen LogP contribution in [0.4, 0.5) is 5.82 Å². The second kappa shape index (κ2) is 7.64. The van der Waals surface area contributed by atoms with Crippen molar-refractivity contribution in [3.8, 4) is 0 Å². The van der Waals surface area contributed by atoms with Crippen molar-refractivity contribution in [1.29, 1.82) is 0 Å². The smallest absolute Gasteiger partial charge is 0.253 e. The van der Waals surface area contributed by atoms with E-state index in [9.17, 15) is 4.79 Å². The van der Waals surface area contributed by atoms with E-state index in [1.807, 2.05) is 6.92 Å². The van der Waals surface area contributed by atoms with Crippen molar-refractivity contribution in [2.75, 3.05) is 18.0 Å². The molecule has 3 aromatic rings. The van der Waals surface area contributed by atoms with Crippen molar-refractivity contribution >= 4 is 33.3 Å². The van der Waals surface area contributed by atoms with Crippen molar-refractivity contribution in [2.45, 2.75) is 39.7 Å². The van der Waals surface area contributed by atoms with Crippen LogP contribution in [-0.4, -0.2) is 29.0 Å². The van der Waals surface area contributed by atoms with Crippen LogP contribution in [0.2, 0.25) is 0 Å². The van der Waals surface area contributed by atoms with Crippen molar-refractivity contribution in [3.63, 3.8) is 0 Å². The van der Waals surface area contributed by atoms with Gasteiger partial charge in [-0.1, -0.05) is 29.8 Å². The Morgan fingerprint density at radius 1 is 1.11 bits per heavy atom. The average Bonchev–Trinajstić information content (AvgIpc) is 3.04. The Balaban J connectivity index is 1.64. The zero-order valence-corrected chi connectivity index (χ0v) is 16.6. The molecule has 0 aliphatic carbocycles. The maximum absolute atomic E-state index is 13.0. The number of benzene rings is 1. The van der Waals surface area contributed by atoms with Gasteiger partial charge in [0.1, 0.15) is 17.0 Å². The molecule has 1 fully saturated rings. The van der Waals surface area contributed by atoms with Crippen molar-refractivity contribution in [3.05, 3.63) is 52.2 Å². The molecule has 1 aliphatic rings. The molecular formula is C21H24N4OS. The van der Waals surface area contributed by atoms with E-state index >= 15 is 0 Å². The zero-order chi connectivity index (χ0) is 18.8. The summed E-state index contributed by atoms with van der Waals surface area (Å²) in [5.74, 6) is 0.858. The number of nitrogens with zero attached hydrogens (tertiary/aromatic N) is 3. The van der Waals surface area contributed by atoms with E-state index < -0.39 is 0 Å². The van der Waals surface area contributed by atoms with Gasteiger partial charge < -0.3 is 10.2 Å². The molecule has 1 aliphatic heterocycles. The Bertz CT molecular complexity index is 958. The summed E-state index contributed by atoms with van der Waals surface area (Å²) in [6.07, 6.45) is 5.22. The third kappa shape index (κ3) is 3.67. The van der Waals surface area contributed by atoms with E-state index in [1.54, 1.807) is 17.7 Å². The Labute approximate surface area is 163 Å². The summed E-state index contributed by atoms with van der Waals surface area (Å²) in [6, 6.07) is 8.23. The normalized spacial score (nSPS) is 14.5. The fraction of sp³-hybridized carbons (Fsp3) is 0.381. The molecule has 4 rings (SSSR count). The van der Waals surface area contributed by atoms with Crippen LogP contribution in [0, 0.1) is 13.8 Å². The van der Waals surface area contributed by atoms with Gasteiger partial charge in [-0.2, -0.15) is 0 Å². The summed E-state index contributed by atoms with van der Waals surface area (Å²) in [5, 5.41) is 3.98. The molecule has 3 heterocycles. The van der Waals surface area contributed by atoms with Gasteiger partial charge in [0.2, 0.25) is 0 Å². The minimum atomic E-state index is -0.0487. The van der Waals surface area contributed by atoms with Gasteiger partial charge >= 0.3 is 0 Å². The van der Waals surface area contributed by atoms with Crippen LogP contribution < -0.4 is 10.2 Å². The summed E-state index contributed by atoms with van der Waals surface area (Å²) >= 11 is 1.57. The van der Waals surface area contributed by atoms with Gasteiger partial charge in [-0.25, -0.2) is 9.97 Å². The number of hydrogen-bond acceptors (Lipinski definition) is 5. The lowest BCUT2D eigenvalue weighted by Gasteiger charge is -2.28. The Kier molecular flexibility index (Phi) is 5.07. The van der Waals surface area contributed by atoms with Gasteiger partial charge in [-0.05, 0) is 38.7 Å². The topological polar surface area (TPSA) is 58.1 Å². The summed E-state index contributed by atoms with van der Waals surface area (Å²) in [6.45, 7) is 6.55. The number of hydrogen-bond donors (Lipinski definition) is 1. The first-order valence-electron chi connectivity index (χ1n) is 9.46. The molecule has 0 radical (unpaired) electrons. The number of aromatic nitrogens is 2. The van der Waals surface area contributed by atoms with Crippen LogP contribution in [0.5, 0.6) is 0 Å². The van der Waals surface area contributed by atoms with Crippen LogP contribution in [0.3, 0.4) is 0 Å². The molecule has 1 amide bonds. The number of piperidine rings is 1. The van der Waals surface area contributed by atoms with Gasteiger partial charge in [0.05, 0.1) is 10.9 Å². The lowest BCUT2D eigenvalue weighted by molar-refractivity contribution is 0.0952. The van der Waals surface area contributed by atoms with E-state index in [0.29, 0.717) is 6.54 Å². The minimum absolute atomic E-state index is 0.0487. The number of amides is 1. The third-order valence-corrected chi connectivity index (χ3v) is 6.11. The Morgan fingerprint density at radius 2 is 1.85 bits per heavy atom. The first kappa shape index (κ1) is 17.9. The standard InChI is InChI=1S/C21H24N4OS/c1-14-6-8-16(9-7-14)12-22-20(26)17-15(2)27-21-18(17)19(23-13-24-21)25-10-4-3-5-11-25/h6-9,13H,3-5,10-12H2,1-2H3,(H,22,26). The van der Waals surface area contributed by atoms with Crippen LogP contribution >= 0.6 is 11.3 Å². The molecule has 1 aromatic carbocycles. The quantitative estimate of drug-likeness (QED) is 0.736. The van der Waals surface area contributed by atoms with Crippen LogP contribution in [0.15, 0.2) is 30.6 Å². The second-order valence-electron chi connectivity index (χ2n) is 7.13. The highest BCUT2D eigenvalue weighted by atomic mass is 32.1. The number of fused-ring (bicyclic) bond motifs is 1. The van der Waals surface area contributed by atoms with Crippen LogP contribution in [0.1, 0.15) is 45.6 Å². The molecule has 0 spiro atoms. The third-order valence-electron chi connectivity index (χ3n) is 5.10. The van der Waals surface area contributed by atoms with Crippen molar-refractivity contribution in [1.82, 2.24) is 15.3 Å². The SMILES string of the molecule is Cc1ccc(CNC(=O)c2c(C)sc3ncnc(N4CCCCC4)c23)cc1. The minimum Gasteiger partial charge on any atom is -0.356 e. The number of carbonyl (C=O) groups is 1. The van der Waals surface area contributed by atoms with Crippen molar-refractivity contribution in [2.24, 2.45) is 0 Å². The molecule has 0 atom stereocenters. The Morgan fingerprint density at radius 3 is 2.59 bits per heavy atom. The number of rotatable bonds is 4. The average molecular weight is 381 g/mol. The summed E-state index contributed by atoms with van der Waals surface area (Å²) in [7, 11) is 0. The predicted molar refractivity (Wildman–Crippen MR) is 111 cm³/mol. The van der Waals surface area contributed by atoms with Gasteiger partial charge in [0.15, 0.2) is 0 Å².